The van der Waals surface area contributed by atoms with Crippen LogP contribution in [-0.2, 0) is 4.74 Å². The number of hydrogen-bond acceptors (Lipinski definition) is 1. The molecular weight excluding hydrogens is 160 g/mol. The lowest BCUT2D eigenvalue weighted by Crippen LogP contribution is -2.32. The van der Waals surface area contributed by atoms with Gasteiger partial charge in [-0.2, -0.15) is 0 Å². The Bertz CT molecular complexity index is 163. The van der Waals surface area contributed by atoms with E-state index in [1.54, 1.807) is 0 Å². The topological polar surface area (TPSA) is 9.23 Å². The minimum Gasteiger partial charge on any atom is -0.378 e. The van der Waals surface area contributed by atoms with Gasteiger partial charge in [0.25, 0.3) is 0 Å². The zero-order chi connectivity index (χ0) is 10.1. The first-order chi connectivity index (χ1) is 6.00. The van der Waals surface area contributed by atoms with Crippen LogP contribution in [0.4, 0.5) is 0 Å². The van der Waals surface area contributed by atoms with Gasteiger partial charge in [-0.3, -0.25) is 0 Å². The van der Waals surface area contributed by atoms with Gasteiger partial charge in [0.2, 0.25) is 0 Å². The molecule has 0 aromatic rings. The molecule has 1 fully saturated rings. The van der Waals surface area contributed by atoms with Gasteiger partial charge in [0.1, 0.15) is 0 Å². The lowest BCUT2D eigenvalue weighted by atomic mass is 9.74. The molecule has 1 rings (SSSR count). The van der Waals surface area contributed by atoms with E-state index in [1.807, 2.05) is 0 Å². The second-order valence-electron chi connectivity index (χ2n) is 5.07. The first-order valence-electron chi connectivity index (χ1n) is 5.61. The van der Waals surface area contributed by atoms with E-state index in [-0.39, 0.29) is 0 Å². The van der Waals surface area contributed by atoms with Crippen molar-refractivity contribution in [1.82, 2.24) is 0 Å². The maximum Gasteiger partial charge on any atom is 0.0580 e. The molecule has 0 N–H and O–H groups in total. The molecule has 0 spiro atoms. The molecule has 1 heteroatoms. The monoisotopic (exact) mass is 184 g/mol. The van der Waals surface area contributed by atoms with E-state index >= 15 is 0 Å². The lowest BCUT2D eigenvalue weighted by Gasteiger charge is -2.34. The first-order valence-corrected chi connectivity index (χ1v) is 5.61. The molecule has 0 heterocycles. The van der Waals surface area contributed by atoms with Crippen LogP contribution >= 0.6 is 0 Å². The fraction of sp³-hybridized carbons (Fsp3) is 1.00. The average molecular weight is 184 g/mol. The Balaban J connectivity index is 2.60. The highest BCUT2D eigenvalue weighted by atomic mass is 16.5. The van der Waals surface area contributed by atoms with Crippen LogP contribution in [0.25, 0.3) is 0 Å². The van der Waals surface area contributed by atoms with Crippen molar-refractivity contribution in [3.05, 3.63) is 0 Å². The summed E-state index contributed by atoms with van der Waals surface area (Å²) in [6.45, 7) is 12.3. The maximum absolute atomic E-state index is 5.71. The number of hydrogen-bond donors (Lipinski definition) is 0. The van der Waals surface area contributed by atoms with E-state index in [0.717, 1.165) is 18.4 Å². The summed E-state index contributed by atoms with van der Waals surface area (Å²) in [6.07, 6.45) is 3.15. The average Bonchev–Trinajstić information content (AvgIpc) is 2.28. The third-order valence-corrected chi connectivity index (χ3v) is 4.13. The van der Waals surface area contributed by atoms with Crippen LogP contribution in [0.1, 0.15) is 47.5 Å². The molecule has 3 unspecified atom stereocenters. The maximum atomic E-state index is 5.71. The molecule has 0 amide bonds. The largest absolute Gasteiger partial charge is 0.378 e. The van der Waals surface area contributed by atoms with Gasteiger partial charge in [0.15, 0.2) is 0 Å². The first kappa shape index (κ1) is 11.0. The van der Waals surface area contributed by atoms with E-state index in [0.29, 0.717) is 11.5 Å². The molecule has 0 aromatic heterocycles. The highest BCUT2D eigenvalue weighted by Crippen LogP contribution is 2.49. The Labute approximate surface area is 82.9 Å². The van der Waals surface area contributed by atoms with Crippen LogP contribution in [0.15, 0.2) is 0 Å². The van der Waals surface area contributed by atoms with E-state index in [4.69, 9.17) is 4.74 Å². The predicted octanol–water partition coefficient (Wildman–Crippen LogP) is 3.48. The van der Waals surface area contributed by atoms with Crippen LogP contribution < -0.4 is 0 Å². The fourth-order valence-electron chi connectivity index (χ4n) is 2.76. The Hall–Kier alpha value is -0.0400. The molecule has 13 heavy (non-hydrogen) atoms. The van der Waals surface area contributed by atoms with Crippen molar-refractivity contribution in [2.45, 2.75) is 53.6 Å². The zero-order valence-corrected chi connectivity index (χ0v) is 9.76. The van der Waals surface area contributed by atoms with Crippen molar-refractivity contribution in [3.8, 4) is 0 Å². The van der Waals surface area contributed by atoms with Gasteiger partial charge in [-0.05, 0) is 43.9 Å². The molecule has 1 aliphatic carbocycles. The number of rotatable bonds is 3. The summed E-state index contributed by atoms with van der Waals surface area (Å²) in [4.78, 5) is 0. The van der Waals surface area contributed by atoms with E-state index in [1.165, 1.54) is 12.8 Å². The van der Waals surface area contributed by atoms with Crippen molar-refractivity contribution in [3.63, 3.8) is 0 Å². The van der Waals surface area contributed by atoms with Gasteiger partial charge in [-0.25, -0.2) is 0 Å². The predicted molar refractivity (Wildman–Crippen MR) is 56.8 cm³/mol. The van der Waals surface area contributed by atoms with Crippen molar-refractivity contribution < 1.29 is 4.74 Å². The van der Waals surface area contributed by atoms with Crippen LogP contribution in [-0.4, -0.2) is 12.7 Å². The summed E-state index contributed by atoms with van der Waals surface area (Å²) < 4.78 is 5.71. The summed E-state index contributed by atoms with van der Waals surface area (Å²) >= 11 is 0. The van der Waals surface area contributed by atoms with Crippen molar-refractivity contribution >= 4 is 0 Å². The third kappa shape index (κ3) is 2.07. The highest BCUT2D eigenvalue weighted by molar-refractivity contribution is 4.92. The van der Waals surface area contributed by atoms with Crippen molar-refractivity contribution in [2.75, 3.05) is 6.61 Å². The Morgan fingerprint density at radius 3 is 2.38 bits per heavy atom. The standard InChI is InChI=1S/C12H24O/c1-6-13-10(3)11-8-7-9(2)12(11,4)5/h9-11H,6-8H2,1-5H3. The van der Waals surface area contributed by atoms with Gasteiger partial charge in [-0.1, -0.05) is 20.8 Å². The molecular formula is C12H24O. The van der Waals surface area contributed by atoms with Crippen LogP contribution in [0.3, 0.4) is 0 Å². The summed E-state index contributed by atoms with van der Waals surface area (Å²) in [6, 6.07) is 0. The summed E-state index contributed by atoms with van der Waals surface area (Å²) in [5.74, 6) is 1.60. The Morgan fingerprint density at radius 2 is 2.00 bits per heavy atom. The Kier molecular flexibility index (Phi) is 3.39. The van der Waals surface area contributed by atoms with Gasteiger partial charge in [-0.15, -0.1) is 0 Å². The third-order valence-electron chi connectivity index (χ3n) is 4.13. The van der Waals surface area contributed by atoms with Crippen LogP contribution in [0.5, 0.6) is 0 Å². The second-order valence-corrected chi connectivity index (χ2v) is 5.07. The minimum absolute atomic E-state index is 0.435. The second kappa shape index (κ2) is 4.00. The van der Waals surface area contributed by atoms with Gasteiger partial charge in [0, 0.05) is 6.61 Å². The SMILES string of the molecule is CCOC(C)C1CCC(C)C1(C)C. The lowest BCUT2D eigenvalue weighted by molar-refractivity contribution is -0.00722. The molecule has 1 saturated carbocycles. The van der Waals surface area contributed by atoms with Crippen molar-refractivity contribution in [2.24, 2.45) is 17.3 Å². The number of ether oxygens (including phenoxy) is 1. The van der Waals surface area contributed by atoms with Crippen LogP contribution in [0, 0.1) is 17.3 Å². The smallest absolute Gasteiger partial charge is 0.0580 e. The summed E-state index contributed by atoms with van der Waals surface area (Å²) in [7, 11) is 0. The molecule has 3 atom stereocenters. The summed E-state index contributed by atoms with van der Waals surface area (Å²) in [5.41, 5.74) is 0.467. The molecule has 0 aromatic carbocycles. The quantitative estimate of drug-likeness (QED) is 0.652. The van der Waals surface area contributed by atoms with E-state index < -0.39 is 0 Å². The van der Waals surface area contributed by atoms with Crippen LogP contribution in [0.2, 0.25) is 0 Å². The summed E-state index contributed by atoms with van der Waals surface area (Å²) in [5, 5.41) is 0. The fourth-order valence-corrected chi connectivity index (χ4v) is 2.76. The van der Waals surface area contributed by atoms with E-state index in [2.05, 4.69) is 34.6 Å². The molecule has 0 bridgehead atoms. The Morgan fingerprint density at radius 1 is 1.38 bits per heavy atom. The molecule has 0 aliphatic heterocycles. The molecule has 0 radical (unpaired) electrons. The zero-order valence-electron chi connectivity index (χ0n) is 9.76. The normalized spacial score (nSPS) is 34.8. The molecule has 0 saturated heterocycles. The van der Waals surface area contributed by atoms with Gasteiger partial charge in [0.05, 0.1) is 6.10 Å². The van der Waals surface area contributed by atoms with E-state index in [9.17, 15) is 0 Å². The van der Waals surface area contributed by atoms with Gasteiger partial charge >= 0.3 is 0 Å². The van der Waals surface area contributed by atoms with Crippen molar-refractivity contribution in [1.29, 1.82) is 0 Å². The minimum atomic E-state index is 0.435. The highest BCUT2D eigenvalue weighted by Gasteiger charge is 2.43. The van der Waals surface area contributed by atoms with Gasteiger partial charge < -0.3 is 4.74 Å². The molecule has 1 nitrogen and oxygen atoms in total. The molecule has 78 valence electrons. The molecule has 1 aliphatic rings.